The van der Waals surface area contributed by atoms with E-state index in [0.29, 0.717) is 5.41 Å². The monoisotopic (exact) mass is 608 g/mol. The molecular weight excluding hydrogens is 560 g/mol. The first kappa shape index (κ1) is 30.1. The summed E-state index contributed by atoms with van der Waals surface area (Å²) < 4.78 is 1.51. The molecule has 0 saturated heterocycles. The molecule has 1 heteroatoms. The predicted molar refractivity (Wildman–Crippen MR) is 168 cm³/mol. The molecule has 4 fully saturated rings. The number of hydrogen-bond donors (Lipinski definition) is 0. The van der Waals surface area contributed by atoms with Crippen molar-refractivity contribution >= 4 is 3.21 Å². The van der Waals surface area contributed by atoms with Crippen molar-refractivity contribution in [2.45, 2.75) is 118 Å². The van der Waals surface area contributed by atoms with E-state index in [1.165, 1.54) is 55.8 Å². The second kappa shape index (κ2) is 11.4. The summed E-state index contributed by atoms with van der Waals surface area (Å²) in [5, 5.41) is 0. The van der Waals surface area contributed by atoms with Crippen LogP contribution in [0.25, 0.3) is 11.1 Å². The van der Waals surface area contributed by atoms with E-state index in [1.54, 1.807) is 49.1 Å². The van der Waals surface area contributed by atoms with Crippen molar-refractivity contribution < 1.29 is 24.2 Å². The topological polar surface area (TPSA) is 0 Å². The Morgan fingerprint density at radius 1 is 0.825 bits per heavy atom. The SMILES string of the molecule is CC(C)(C)c1[c-]c2c(cc1)-c1ccc(C(C)(C)C)cc1C2.C[C](C)=[Zr+2].[C-]1=CC(C23CC4CC(CC(C4)C2)C3)=CC1. The minimum atomic E-state index is 0.167. The van der Waals surface area contributed by atoms with Gasteiger partial charge in [-0.1, -0.05) is 90.0 Å². The third kappa shape index (κ3) is 6.51. The molecule has 0 amide bonds. The van der Waals surface area contributed by atoms with Crippen LogP contribution in [0.1, 0.15) is 123 Å². The van der Waals surface area contributed by atoms with Gasteiger partial charge in [0.25, 0.3) is 0 Å². The molecule has 0 aromatic heterocycles. The van der Waals surface area contributed by atoms with Gasteiger partial charge in [-0.15, -0.1) is 17.5 Å². The standard InChI is InChI=1S/C21H25.C15H19.C3H6.Zr/c1-20(2,3)16-7-9-18-14(12-16)11-15-13-17(21(4,5)6)8-10-19(15)18;1-2-4-14(3-1)15-8-11-5-12(9-15)7-13(6-11)10-15;1-3-2;/h7-10,12H,11H2,1-6H3;3-4,11-13H,1,5-10H2;1-2H3;/q2*-1;;+2. The molecule has 0 heterocycles. The van der Waals surface area contributed by atoms with Crippen LogP contribution in [0.4, 0.5) is 0 Å². The van der Waals surface area contributed by atoms with Gasteiger partial charge in [0.2, 0.25) is 0 Å². The summed E-state index contributed by atoms with van der Waals surface area (Å²) >= 11 is 1.55. The fourth-order valence-electron chi connectivity index (χ4n) is 8.26. The van der Waals surface area contributed by atoms with Gasteiger partial charge in [-0.25, -0.2) is 6.08 Å². The average Bonchev–Trinajstić information content (AvgIpc) is 3.50. The van der Waals surface area contributed by atoms with Crippen molar-refractivity contribution in [3.8, 4) is 11.1 Å². The van der Waals surface area contributed by atoms with Crippen LogP contribution in [0.5, 0.6) is 0 Å². The minimum absolute atomic E-state index is 0.167. The maximum absolute atomic E-state index is 3.67. The number of hydrogen-bond acceptors (Lipinski definition) is 0. The quantitative estimate of drug-likeness (QED) is 0.241. The second-order valence-corrected chi connectivity index (χ2v) is 18.2. The molecule has 0 unspecified atom stereocenters. The first-order valence-electron chi connectivity index (χ1n) is 15.7. The molecule has 2 aromatic carbocycles. The van der Waals surface area contributed by atoms with Crippen molar-refractivity contribution in [2.75, 3.05) is 0 Å². The maximum Gasteiger partial charge on any atom is -0.0415 e. The molecule has 6 aliphatic carbocycles. The molecule has 4 saturated carbocycles. The van der Waals surface area contributed by atoms with E-state index >= 15 is 0 Å². The first-order valence-corrected chi connectivity index (χ1v) is 16.9. The molecule has 0 radical (unpaired) electrons. The molecule has 8 rings (SSSR count). The number of benzene rings is 2. The summed E-state index contributed by atoms with van der Waals surface area (Å²) in [5.74, 6) is 3.23. The number of rotatable bonds is 1. The van der Waals surface area contributed by atoms with Gasteiger partial charge in [-0.05, 0) is 65.4 Å². The van der Waals surface area contributed by atoms with E-state index in [0.717, 1.165) is 30.6 Å². The third-order valence-corrected chi connectivity index (χ3v) is 9.81. The molecule has 40 heavy (non-hydrogen) atoms. The van der Waals surface area contributed by atoms with Crippen LogP contribution in [0.3, 0.4) is 0 Å². The van der Waals surface area contributed by atoms with Crippen molar-refractivity contribution in [3.05, 3.63) is 82.5 Å². The maximum atomic E-state index is 3.67. The van der Waals surface area contributed by atoms with Crippen LogP contribution in [0.2, 0.25) is 0 Å². The van der Waals surface area contributed by atoms with Crippen LogP contribution in [0, 0.1) is 35.3 Å². The Bertz CT molecular complexity index is 1220. The summed E-state index contributed by atoms with van der Waals surface area (Å²) in [6.45, 7) is 17.8. The van der Waals surface area contributed by atoms with Gasteiger partial charge in [-0.2, -0.15) is 35.4 Å². The average molecular weight is 610 g/mol. The Morgan fingerprint density at radius 3 is 1.90 bits per heavy atom. The van der Waals surface area contributed by atoms with Crippen LogP contribution in [0.15, 0.2) is 48.1 Å². The molecule has 0 aliphatic heterocycles. The van der Waals surface area contributed by atoms with Gasteiger partial charge in [-0.3, -0.25) is 6.08 Å². The molecule has 6 aliphatic rings. The van der Waals surface area contributed by atoms with E-state index < -0.39 is 0 Å². The normalized spacial score (nSPS) is 27.2. The summed E-state index contributed by atoms with van der Waals surface area (Å²) in [7, 11) is 0. The zero-order valence-corrected chi connectivity index (χ0v) is 28.9. The van der Waals surface area contributed by atoms with Crippen molar-refractivity contribution in [2.24, 2.45) is 23.2 Å². The minimum Gasteiger partial charge on any atom is -0.273 e. The van der Waals surface area contributed by atoms with Crippen LogP contribution in [-0.4, -0.2) is 3.21 Å². The summed E-state index contributed by atoms with van der Waals surface area (Å²) in [5.41, 5.74) is 11.0. The van der Waals surface area contributed by atoms with Gasteiger partial charge in [0.1, 0.15) is 0 Å². The smallest absolute Gasteiger partial charge is 0.0415 e. The van der Waals surface area contributed by atoms with Gasteiger partial charge in [0.05, 0.1) is 0 Å². The molecule has 0 nitrogen and oxygen atoms in total. The van der Waals surface area contributed by atoms with E-state index in [-0.39, 0.29) is 10.8 Å². The Kier molecular flexibility index (Phi) is 8.59. The van der Waals surface area contributed by atoms with Crippen molar-refractivity contribution in [3.63, 3.8) is 0 Å². The molecule has 2 aromatic rings. The molecule has 0 spiro atoms. The van der Waals surface area contributed by atoms with Crippen LogP contribution >= 0.6 is 0 Å². The fourth-order valence-corrected chi connectivity index (χ4v) is 8.26. The number of fused-ring (bicyclic) bond motifs is 3. The van der Waals surface area contributed by atoms with Crippen LogP contribution < -0.4 is 0 Å². The Labute approximate surface area is 260 Å². The largest absolute Gasteiger partial charge is 0.273 e. The zero-order chi connectivity index (χ0) is 28.9. The number of allylic oxidation sites excluding steroid dienone is 4. The summed E-state index contributed by atoms with van der Waals surface area (Å²) in [4.78, 5) is 0. The molecule has 4 bridgehead atoms. The fraction of sp³-hybridized carbons (Fsp3) is 0.564. The molecule has 0 N–H and O–H groups in total. The van der Waals surface area contributed by atoms with E-state index in [4.69, 9.17) is 0 Å². The van der Waals surface area contributed by atoms with E-state index in [9.17, 15) is 0 Å². The van der Waals surface area contributed by atoms with E-state index in [1.807, 2.05) is 0 Å². The van der Waals surface area contributed by atoms with Gasteiger partial charge in [0.15, 0.2) is 0 Å². The Morgan fingerprint density at radius 2 is 1.40 bits per heavy atom. The Balaban J connectivity index is 0.000000148. The van der Waals surface area contributed by atoms with Gasteiger partial charge < -0.3 is 0 Å². The summed E-state index contributed by atoms with van der Waals surface area (Å²) in [6.07, 6.45) is 19.4. The zero-order valence-electron chi connectivity index (χ0n) is 26.4. The van der Waals surface area contributed by atoms with Crippen molar-refractivity contribution in [1.82, 2.24) is 0 Å². The molecule has 0 atom stereocenters. The Hall–Kier alpha value is -1.33. The summed E-state index contributed by atoms with van der Waals surface area (Å²) in [6, 6.07) is 15.2. The van der Waals surface area contributed by atoms with E-state index in [2.05, 4.69) is 110 Å². The van der Waals surface area contributed by atoms with Gasteiger partial charge in [0, 0.05) is 0 Å². The predicted octanol–water partition coefficient (Wildman–Crippen LogP) is 10.3. The molecule has 210 valence electrons. The van der Waals surface area contributed by atoms with Crippen LogP contribution in [-0.2, 0) is 41.5 Å². The third-order valence-electron chi connectivity index (χ3n) is 9.81. The van der Waals surface area contributed by atoms with Gasteiger partial charge >= 0.3 is 41.3 Å². The first-order chi connectivity index (χ1) is 18.7. The molecular formula is C39H50Zr. The second-order valence-electron chi connectivity index (χ2n) is 15.7. The van der Waals surface area contributed by atoms with Crippen molar-refractivity contribution in [1.29, 1.82) is 0 Å².